The average molecular weight is 273 g/mol. The summed E-state index contributed by atoms with van der Waals surface area (Å²) in [7, 11) is 0. The van der Waals surface area contributed by atoms with Crippen LogP contribution in [0.3, 0.4) is 0 Å². The number of carbonyl (C=O) groups is 1. The molecule has 1 unspecified atom stereocenters. The SMILES string of the molecule is CC1C[C@H](C)CN(C(=O)c2ccc(C(C)(C)C)cc2)C1. The van der Waals surface area contributed by atoms with Crippen LogP contribution in [0, 0.1) is 11.8 Å². The van der Waals surface area contributed by atoms with Crippen molar-refractivity contribution in [2.24, 2.45) is 11.8 Å². The first-order valence-electron chi connectivity index (χ1n) is 7.67. The van der Waals surface area contributed by atoms with Crippen LogP contribution in [0.15, 0.2) is 24.3 Å². The van der Waals surface area contributed by atoms with Crippen LogP contribution >= 0.6 is 0 Å². The number of hydrogen-bond donors (Lipinski definition) is 0. The van der Waals surface area contributed by atoms with E-state index in [0.717, 1.165) is 18.7 Å². The molecule has 1 aromatic carbocycles. The monoisotopic (exact) mass is 273 g/mol. The predicted octanol–water partition coefficient (Wildman–Crippen LogP) is 4.10. The molecule has 0 bridgehead atoms. The maximum absolute atomic E-state index is 12.6. The number of rotatable bonds is 1. The Hall–Kier alpha value is -1.31. The van der Waals surface area contributed by atoms with Gasteiger partial charge in [-0.15, -0.1) is 0 Å². The van der Waals surface area contributed by atoms with Gasteiger partial charge in [0, 0.05) is 18.7 Å². The highest BCUT2D eigenvalue weighted by Gasteiger charge is 2.26. The molecule has 1 aromatic rings. The molecule has 20 heavy (non-hydrogen) atoms. The topological polar surface area (TPSA) is 20.3 Å². The zero-order valence-electron chi connectivity index (χ0n) is 13.4. The van der Waals surface area contributed by atoms with Crippen LogP contribution in [0.2, 0.25) is 0 Å². The normalized spacial score (nSPS) is 23.8. The lowest BCUT2D eigenvalue weighted by molar-refractivity contribution is 0.0623. The molecule has 0 aliphatic carbocycles. The van der Waals surface area contributed by atoms with Gasteiger partial charge in [-0.2, -0.15) is 0 Å². The van der Waals surface area contributed by atoms with E-state index >= 15 is 0 Å². The standard InChI is InChI=1S/C18H27NO/c1-13-10-14(2)12-19(11-13)17(20)15-6-8-16(9-7-15)18(3,4)5/h6-9,13-14H,10-12H2,1-5H3/t13-,14?/m0/s1. The molecule has 2 heteroatoms. The van der Waals surface area contributed by atoms with Crippen LogP contribution in [-0.4, -0.2) is 23.9 Å². The third-order valence-electron chi connectivity index (χ3n) is 4.15. The third-order valence-corrected chi connectivity index (χ3v) is 4.15. The minimum absolute atomic E-state index is 0.135. The summed E-state index contributed by atoms with van der Waals surface area (Å²) in [6.07, 6.45) is 1.23. The number of piperidine rings is 1. The van der Waals surface area contributed by atoms with Crippen molar-refractivity contribution >= 4 is 5.91 Å². The van der Waals surface area contributed by atoms with Crippen molar-refractivity contribution < 1.29 is 4.79 Å². The number of carbonyl (C=O) groups excluding carboxylic acids is 1. The van der Waals surface area contributed by atoms with Gasteiger partial charge in [0.2, 0.25) is 0 Å². The van der Waals surface area contributed by atoms with E-state index in [1.807, 2.05) is 17.0 Å². The van der Waals surface area contributed by atoms with Crippen LogP contribution in [0.4, 0.5) is 0 Å². The van der Waals surface area contributed by atoms with Crippen molar-refractivity contribution in [3.63, 3.8) is 0 Å². The Morgan fingerprint density at radius 3 is 2.00 bits per heavy atom. The fourth-order valence-electron chi connectivity index (χ4n) is 3.12. The van der Waals surface area contributed by atoms with Crippen molar-refractivity contribution in [3.05, 3.63) is 35.4 Å². The Morgan fingerprint density at radius 2 is 1.55 bits per heavy atom. The van der Waals surface area contributed by atoms with Gasteiger partial charge in [0.05, 0.1) is 0 Å². The predicted molar refractivity (Wildman–Crippen MR) is 84.0 cm³/mol. The summed E-state index contributed by atoms with van der Waals surface area (Å²) in [5, 5.41) is 0. The Labute approximate surface area is 123 Å². The van der Waals surface area contributed by atoms with Gasteiger partial charge in [-0.3, -0.25) is 4.79 Å². The Balaban J connectivity index is 2.13. The molecule has 1 saturated heterocycles. The van der Waals surface area contributed by atoms with Crippen molar-refractivity contribution in [2.45, 2.75) is 46.5 Å². The van der Waals surface area contributed by atoms with E-state index in [0.29, 0.717) is 11.8 Å². The van der Waals surface area contributed by atoms with Crippen LogP contribution in [0.25, 0.3) is 0 Å². The van der Waals surface area contributed by atoms with Gasteiger partial charge in [0.25, 0.3) is 5.91 Å². The minimum atomic E-state index is 0.135. The molecule has 0 saturated carbocycles. The first-order valence-corrected chi connectivity index (χ1v) is 7.67. The molecule has 1 aliphatic heterocycles. The van der Waals surface area contributed by atoms with E-state index in [1.54, 1.807) is 0 Å². The van der Waals surface area contributed by atoms with E-state index in [1.165, 1.54) is 12.0 Å². The molecule has 0 radical (unpaired) electrons. The summed E-state index contributed by atoms with van der Waals surface area (Å²) in [5.74, 6) is 1.40. The van der Waals surface area contributed by atoms with Crippen molar-refractivity contribution in [1.29, 1.82) is 0 Å². The van der Waals surface area contributed by atoms with Gasteiger partial charge in [-0.05, 0) is 41.4 Å². The summed E-state index contributed by atoms with van der Waals surface area (Å²) >= 11 is 0. The Bertz CT molecular complexity index is 459. The van der Waals surface area contributed by atoms with Crippen LogP contribution in [0.1, 0.15) is 57.0 Å². The summed E-state index contributed by atoms with van der Waals surface area (Å²) in [5.41, 5.74) is 2.23. The van der Waals surface area contributed by atoms with Gasteiger partial charge in [0.1, 0.15) is 0 Å². The van der Waals surface area contributed by atoms with Gasteiger partial charge in [-0.1, -0.05) is 46.8 Å². The molecular weight excluding hydrogens is 246 g/mol. The number of likely N-dealkylation sites (tertiary alicyclic amines) is 1. The summed E-state index contributed by atoms with van der Waals surface area (Å²) in [4.78, 5) is 14.6. The maximum atomic E-state index is 12.6. The van der Waals surface area contributed by atoms with E-state index < -0.39 is 0 Å². The number of amides is 1. The Morgan fingerprint density at radius 1 is 1.05 bits per heavy atom. The molecule has 2 atom stereocenters. The molecule has 1 heterocycles. The largest absolute Gasteiger partial charge is 0.338 e. The molecule has 110 valence electrons. The zero-order chi connectivity index (χ0) is 14.9. The molecule has 1 amide bonds. The maximum Gasteiger partial charge on any atom is 0.253 e. The second-order valence-corrected chi connectivity index (χ2v) is 7.48. The van der Waals surface area contributed by atoms with E-state index in [4.69, 9.17) is 0 Å². The van der Waals surface area contributed by atoms with Crippen LogP contribution < -0.4 is 0 Å². The Kier molecular flexibility index (Phi) is 4.22. The van der Waals surface area contributed by atoms with Crippen molar-refractivity contribution in [2.75, 3.05) is 13.1 Å². The second kappa shape index (κ2) is 5.59. The average Bonchev–Trinajstić information content (AvgIpc) is 2.36. The molecule has 1 fully saturated rings. The second-order valence-electron chi connectivity index (χ2n) is 7.48. The van der Waals surface area contributed by atoms with E-state index in [2.05, 4.69) is 46.8 Å². The van der Waals surface area contributed by atoms with Gasteiger partial charge in [-0.25, -0.2) is 0 Å². The van der Waals surface area contributed by atoms with Crippen LogP contribution in [0.5, 0.6) is 0 Å². The van der Waals surface area contributed by atoms with Gasteiger partial charge >= 0.3 is 0 Å². The third kappa shape index (κ3) is 3.41. The quantitative estimate of drug-likeness (QED) is 0.754. The molecule has 2 nitrogen and oxygen atoms in total. The molecule has 0 spiro atoms. The van der Waals surface area contributed by atoms with Gasteiger partial charge in [0.15, 0.2) is 0 Å². The smallest absolute Gasteiger partial charge is 0.253 e. The first kappa shape index (κ1) is 15.1. The summed E-state index contributed by atoms with van der Waals surface area (Å²) in [6, 6.07) is 8.13. The van der Waals surface area contributed by atoms with Crippen molar-refractivity contribution in [1.82, 2.24) is 4.90 Å². The molecule has 2 rings (SSSR count). The fourth-order valence-corrected chi connectivity index (χ4v) is 3.12. The first-order chi connectivity index (χ1) is 9.27. The lowest BCUT2D eigenvalue weighted by Crippen LogP contribution is -2.42. The highest BCUT2D eigenvalue weighted by Crippen LogP contribution is 2.25. The molecule has 0 aromatic heterocycles. The highest BCUT2D eigenvalue weighted by molar-refractivity contribution is 5.94. The fraction of sp³-hybridized carbons (Fsp3) is 0.611. The molecular formula is C18H27NO. The van der Waals surface area contributed by atoms with E-state index in [-0.39, 0.29) is 11.3 Å². The van der Waals surface area contributed by atoms with Crippen LogP contribution in [-0.2, 0) is 5.41 Å². The molecule has 0 N–H and O–H groups in total. The lowest BCUT2D eigenvalue weighted by atomic mass is 9.86. The minimum Gasteiger partial charge on any atom is -0.338 e. The summed E-state index contributed by atoms with van der Waals surface area (Å²) < 4.78 is 0. The number of hydrogen-bond acceptors (Lipinski definition) is 1. The van der Waals surface area contributed by atoms with Gasteiger partial charge < -0.3 is 4.90 Å². The number of nitrogens with zero attached hydrogens (tertiary/aromatic N) is 1. The number of benzene rings is 1. The zero-order valence-corrected chi connectivity index (χ0v) is 13.4. The highest BCUT2D eigenvalue weighted by atomic mass is 16.2. The van der Waals surface area contributed by atoms with Crippen molar-refractivity contribution in [3.8, 4) is 0 Å². The van der Waals surface area contributed by atoms with E-state index in [9.17, 15) is 4.79 Å². The lowest BCUT2D eigenvalue weighted by Gasteiger charge is -2.35. The molecule has 1 aliphatic rings. The summed E-state index contributed by atoms with van der Waals surface area (Å²) in [6.45, 7) is 12.8.